The number of nitrogens with zero attached hydrogens (tertiary/aromatic N) is 2. The van der Waals surface area contributed by atoms with E-state index in [-0.39, 0.29) is 0 Å². The molecule has 2 rings (SSSR count). The minimum atomic E-state index is -0.453. The minimum absolute atomic E-state index is 0.413. The lowest BCUT2D eigenvalue weighted by atomic mass is 10.2. The number of aliphatic hydroxyl groups excluding tert-OH is 1. The van der Waals surface area contributed by atoms with Crippen molar-refractivity contribution in [3.05, 3.63) is 36.2 Å². The summed E-state index contributed by atoms with van der Waals surface area (Å²) in [5, 5.41) is 13.0. The standard InChI is InChI=1S/C11H12N2O2/c1-8(14)7-10-12-11(15-13-10)9-5-3-2-4-6-9/h2-6,8,14H,7H2,1H3. The zero-order chi connectivity index (χ0) is 10.7. The van der Waals surface area contributed by atoms with E-state index in [0.29, 0.717) is 18.1 Å². The van der Waals surface area contributed by atoms with Crippen LogP contribution in [0.5, 0.6) is 0 Å². The monoisotopic (exact) mass is 204 g/mol. The van der Waals surface area contributed by atoms with Crippen molar-refractivity contribution in [1.29, 1.82) is 0 Å². The first-order valence-electron chi connectivity index (χ1n) is 4.82. The maximum absolute atomic E-state index is 9.16. The predicted molar refractivity (Wildman–Crippen MR) is 55.1 cm³/mol. The Morgan fingerprint density at radius 1 is 1.33 bits per heavy atom. The van der Waals surface area contributed by atoms with Gasteiger partial charge in [0, 0.05) is 12.0 Å². The van der Waals surface area contributed by atoms with Crippen LogP contribution in [-0.2, 0) is 6.42 Å². The molecule has 4 heteroatoms. The highest BCUT2D eigenvalue weighted by Crippen LogP contribution is 2.16. The Hall–Kier alpha value is -1.68. The van der Waals surface area contributed by atoms with E-state index < -0.39 is 6.10 Å². The van der Waals surface area contributed by atoms with Gasteiger partial charge in [-0.2, -0.15) is 4.98 Å². The Balaban J connectivity index is 2.21. The Morgan fingerprint density at radius 2 is 2.07 bits per heavy atom. The summed E-state index contributed by atoms with van der Waals surface area (Å²) in [4.78, 5) is 4.18. The number of benzene rings is 1. The van der Waals surface area contributed by atoms with Crippen LogP contribution >= 0.6 is 0 Å². The van der Waals surface area contributed by atoms with E-state index in [0.717, 1.165) is 5.56 Å². The fourth-order valence-electron chi connectivity index (χ4n) is 1.30. The molecule has 78 valence electrons. The van der Waals surface area contributed by atoms with Gasteiger partial charge >= 0.3 is 0 Å². The van der Waals surface area contributed by atoms with Crippen LogP contribution in [0.25, 0.3) is 11.5 Å². The maximum Gasteiger partial charge on any atom is 0.257 e. The SMILES string of the molecule is CC(O)Cc1noc(-c2ccccc2)n1. The number of hydrogen-bond acceptors (Lipinski definition) is 4. The van der Waals surface area contributed by atoms with Gasteiger partial charge in [0.1, 0.15) is 0 Å². The summed E-state index contributed by atoms with van der Waals surface area (Å²) in [6.07, 6.45) is -0.0395. The van der Waals surface area contributed by atoms with Crippen molar-refractivity contribution in [1.82, 2.24) is 10.1 Å². The average Bonchev–Trinajstić information content (AvgIpc) is 2.67. The average molecular weight is 204 g/mol. The molecule has 0 amide bonds. The van der Waals surface area contributed by atoms with E-state index in [1.54, 1.807) is 6.92 Å². The Kier molecular flexibility index (Phi) is 2.78. The van der Waals surface area contributed by atoms with Crippen molar-refractivity contribution in [3.8, 4) is 11.5 Å². The van der Waals surface area contributed by atoms with Gasteiger partial charge in [-0.3, -0.25) is 0 Å². The molecule has 0 aliphatic rings. The van der Waals surface area contributed by atoms with E-state index in [2.05, 4.69) is 10.1 Å². The summed E-state index contributed by atoms with van der Waals surface area (Å²) in [5.41, 5.74) is 0.891. The van der Waals surface area contributed by atoms with Crippen molar-refractivity contribution < 1.29 is 9.63 Å². The fraction of sp³-hybridized carbons (Fsp3) is 0.273. The molecule has 1 unspecified atom stereocenters. The minimum Gasteiger partial charge on any atom is -0.393 e. The number of hydrogen-bond donors (Lipinski definition) is 1. The van der Waals surface area contributed by atoms with Crippen LogP contribution in [-0.4, -0.2) is 21.4 Å². The molecule has 1 atom stereocenters. The Bertz CT molecular complexity index is 423. The second kappa shape index (κ2) is 4.23. The molecule has 0 spiro atoms. The molecule has 1 N–H and O–H groups in total. The summed E-state index contributed by atoms with van der Waals surface area (Å²) >= 11 is 0. The van der Waals surface area contributed by atoms with Crippen molar-refractivity contribution in [3.63, 3.8) is 0 Å². The first kappa shape index (κ1) is 9.86. The molecule has 4 nitrogen and oxygen atoms in total. The first-order valence-corrected chi connectivity index (χ1v) is 4.82. The van der Waals surface area contributed by atoms with Crippen molar-refractivity contribution >= 4 is 0 Å². The van der Waals surface area contributed by atoms with Gasteiger partial charge in [0.15, 0.2) is 5.82 Å². The summed E-state index contributed by atoms with van der Waals surface area (Å²) < 4.78 is 5.08. The van der Waals surface area contributed by atoms with Crippen LogP contribution in [0.3, 0.4) is 0 Å². The molecule has 0 aliphatic carbocycles. The summed E-state index contributed by atoms with van der Waals surface area (Å²) in [5.74, 6) is 1.02. The third-order valence-electron chi connectivity index (χ3n) is 1.97. The maximum atomic E-state index is 9.16. The quantitative estimate of drug-likeness (QED) is 0.826. The lowest BCUT2D eigenvalue weighted by Crippen LogP contribution is -2.05. The fourth-order valence-corrected chi connectivity index (χ4v) is 1.30. The topological polar surface area (TPSA) is 59.2 Å². The summed E-state index contributed by atoms with van der Waals surface area (Å²) in [6.45, 7) is 1.69. The van der Waals surface area contributed by atoms with Crippen LogP contribution in [0, 0.1) is 0 Å². The molecule has 0 radical (unpaired) electrons. The van der Waals surface area contributed by atoms with Crippen LogP contribution in [0.4, 0.5) is 0 Å². The molecule has 1 heterocycles. The first-order chi connectivity index (χ1) is 7.25. The van der Waals surface area contributed by atoms with Crippen LogP contribution in [0.15, 0.2) is 34.9 Å². The molecule has 0 saturated heterocycles. The van der Waals surface area contributed by atoms with Crippen molar-refractivity contribution in [2.45, 2.75) is 19.4 Å². The third-order valence-corrected chi connectivity index (χ3v) is 1.97. The predicted octanol–water partition coefficient (Wildman–Crippen LogP) is 1.66. The van der Waals surface area contributed by atoms with Gasteiger partial charge < -0.3 is 9.63 Å². The van der Waals surface area contributed by atoms with Crippen LogP contribution in [0.2, 0.25) is 0 Å². The Labute approximate surface area is 87.6 Å². The van der Waals surface area contributed by atoms with Gasteiger partial charge in [0.25, 0.3) is 5.89 Å². The molecule has 15 heavy (non-hydrogen) atoms. The number of aromatic nitrogens is 2. The van der Waals surface area contributed by atoms with Crippen molar-refractivity contribution in [2.75, 3.05) is 0 Å². The largest absolute Gasteiger partial charge is 0.393 e. The Morgan fingerprint density at radius 3 is 2.73 bits per heavy atom. The molecule has 0 aliphatic heterocycles. The molecule has 1 aromatic heterocycles. The lowest BCUT2D eigenvalue weighted by Gasteiger charge is -1.95. The molecule has 1 aromatic carbocycles. The van der Waals surface area contributed by atoms with E-state index in [4.69, 9.17) is 9.63 Å². The third kappa shape index (κ3) is 2.41. The van der Waals surface area contributed by atoms with E-state index in [1.807, 2.05) is 30.3 Å². The van der Waals surface area contributed by atoms with Crippen LogP contribution < -0.4 is 0 Å². The lowest BCUT2D eigenvalue weighted by molar-refractivity contribution is 0.191. The molecule has 0 saturated carbocycles. The summed E-state index contributed by atoms with van der Waals surface area (Å²) in [7, 11) is 0. The zero-order valence-corrected chi connectivity index (χ0v) is 8.42. The summed E-state index contributed by atoms with van der Waals surface area (Å²) in [6, 6.07) is 9.55. The van der Waals surface area contributed by atoms with E-state index >= 15 is 0 Å². The second-order valence-corrected chi connectivity index (χ2v) is 3.43. The highest BCUT2D eigenvalue weighted by atomic mass is 16.5. The molecular weight excluding hydrogens is 192 g/mol. The van der Waals surface area contributed by atoms with Gasteiger partial charge in [-0.25, -0.2) is 0 Å². The zero-order valence-electron chi connectivity index (χ0n) is 8.42. The highest BCUT2D eigenvalue weighted by molar-refractivity contribution is 5.51. The van der Waals surface area contributed by atoms with Gasteiger partial charge in [0.2, 0.25) is 0 Å². The molecule has 0 fully saturated rings. The molecule has 2 aromatic rings. The van der Waals surface area contributed by atoms with E-state index in [9.17, 15) is 0 Å². The normalized spacial score (nSPS) is 12.7. The van der Waals surface area contributed by atoms with Gasteiger partial charge in [-0.1, -0.05) is 23.4 Å². The van der Waals surface area contributed by atoms with Gasteiger partial charge in [-0.05, 0) is 19.1 Å². The molecule has 0 bridgehead atoms. The van der Waals surface area contributed by atoms with Crippen molar-refractivity contribution in [2.24, 2.45) is 0 Å². The second-order valence-electron chi connectivity index (χ2n) is 3.43. The van der Waals surface area contributed by atoms with Gasteiger partial charge in [-0.15, -0.1) is 0 Å². The van der Waals surface area contributed by atoms with Gasteiger partial charge in [0.05, 0.1) is 6.10 Å². The van der Waals surface area contributed by atoms with Crippen LogP contribution in [0.1, 0.15) is 12.7 Å². The number of aliphatic hydroxyl groups is 1. The molecular formula is C11H12N2O2. The smallest absolute Gasteiger partial charge is 0.257 e. The van der Waals surface area contributed by atoms with E-state index in [1.165, 1.54) is 0 Å². The highest BCUT2D eigenvalue weighted by Gasteiger charge is 2.09. The number of rotatable bonds is 3.